The van der Waals surface area contributed by atoms with Crippen LogP contribution >= 0.6 is 23.2 Å². The van der Waals surface area contributed by atoms with Gasteiger partial charge < -0.3 is 10.3 Å². The number of halogens is 2. The highest BCUT2D eigenvalue weighted by Crippen LogP contribution is 2.24. The van der Waals surface area contributed by atoms with Gasteiger partial charge in [-0.25, -0.2) is 4.98 Å². The second kappa shape index (κ2) is 5.71. The lowest BCUT2D eigenvalue weighted by Crippen LogP contribution is -1.94. The summed E-state index contributed by atoms with van der Waals surface area (Å²) in [5.74, 6) is 0.785. The third-order valence-electron chi connectivity index (χ3n) is 2.87. The summed E-state index contributed by atoms with van der Waals surface area (Å²) in [6.07, 6.45) is 2.05. The van der Waals surface area contributed by atoms with Crippen LogP contribution < -0.4 is 5.73 Å². The molecule has 0 saturated carbocycles. The van der Waals surface area contributed by atoms with Crippen molar-refractivity contribution in [1.82, 2.24) is 15.1 Å². The van der Waals surface area contributed by atoms with Crippen molar-refractivity contribution in [3.05, 3.63) is 58.0 Å². The van der Waals surface area contributed by atoms with Gasteiger partial charge >= 0.3 is 0 Å². The van der Waals surface area contributed by atoms with Crippen LogP contribution in [-0.4, -0.2) is 15.1 Å². The van der Waals surface area contributed by atoms with Crippen LogP contribution in [0.3, 0.4) is 0 Å². The van der Waals surface area contributed by atoms with Crippen molar-refractivity contribution in [2.75, 3.05) is 5.73 Å². The molecule has 21 heavy (non-hydrogen) atoms. The molecule has 2 heterocycles. The fourth-order valence-corrected chi connectivity index (χ4v) is 2.33. The molecule has 0 fully saturated rings. The molecule has 106 valence electrons. The zero-order chi connectivity index (χ0) is 14.8. The Morgan fingerprint density at radius 1 is 1.19 bits per heavy atom. The Morgan fingerprint density at radius 3 is 2.81 bits per heavy atom. The molecule has 0 radical (unpaired) electrons. The molecule has 1 aromatic carbocycles. The minimum absolute atomic E-state index is 0.285. The van der Waals surface area contributed by atoms with Crippen LogP contribution in [0.4, 0.5) is 5.69 Å². The number of nitrogens with zero attached hydrogens (tertiary/aromatic N) is 3. The highest BCUT2D eigenvalue weighted by Gasteiger charge is 2.14. The molecule has 0 saturated heterocycles. The van der Waals surface area contributed by atoms with Gasteiger partial charge in [0.15, 0.2) is 11.5 Å². The Balaban J connectivity index is 1.87. The van der Waals surface area contributed by atoms with E-state index in [0.29, 0.717) is 33.7 Å². The molecule has 0 unspecified atom stereocenters. The first-order valence-electron chi connectivity index (χ1n) is 6.11. The zero-order valence-corrected chi connectivity index (χ0v) is 12.3. The fraction of sp³-hybridized carbons (Fsp3) is 0.0714. The van der Waals surface area contributed by atoms with Crippen molar-refractivity contribution in [2.24, 2.45) is 0 Å². The van der Waals surface area contributed by atoms with E-state index >= 15 is 0 Å². The molecular weight excluding hydrogens is 311 g/mol. The van der Waals surface area contributed by atoms with Crippen LogP contribution in [0, 0.1) is 0 Å². The molecule has 3 rings (SSSR count). The lowest BCUT2D eigenvalue weighted by Gasteiger charge is -2.01. The van der Waals surface area contributed by atoms with E-state index in [1.807, 2.05) is 6.07 Å². The number of rotatable bonds is 3. The fourth-order valence-electron chi connectivity index (χ4n) is 1.85. The van der Waals surface area contributed by atoms with Crippen molar-refractivity contribution < 1.29 is 4.52 Å². The van der Waals surface area contributed by atoms with Crippen molar-refractivity contribution in [1.29, 1.82) is 0 Å². The maximum absolute atomic E-state index is 6.13. The summed E-state index contributed by atoms with van der Waals surface area (Å²) < 4.78 is 5.19. The predicted octanol–water partition coefficient (Wildman–Crippen LogP) is 3.61. The normalized spacial score (nSPS) is 10.8. The van der Waals surface area contributed by atoms with Crippen LogP contribution in [0.15, 0.2) is 41.1 Å². The number of aromatic nitrogens is 3. The van der Waals surface area contributed by atoms with Crippen molar-refractivity contribution in [2.45, 2.75) is 6.42 Å². The lowest BCUT2D eigenvalue weighted by molar-refractivity contribution is 0.423. The molecule has 3 aromatic rings. The smallest absolute Gasteiger partial charge is 0.278 e. The summed E-state index contributed by atoms with van der Waals surface area (Å²) in [4.78, 5) is 8.42. The number of nitrogen functional groups attached to an aromatic ring is 1. The molecule has 0 aliphatic carbocycles. The first-order valence-corrected chi connectivity index (χ1v) is 6.86. The van der Waals surface area contributed by atoms with Gasteiger partial charge in [0.1, 0.15) is 0 Å². The van der Waals surface area contributed by atoms with Gasteiger partial charge in [-0.05, 0) is 29.8 Å². The predicted molar refractivity (Wildman–Crippen MR) is 81.2 cm³/mol. The van der Waals surface area contributed by atoms with E-state index in [1.165, 1.54) is 0 Å². The summed E-state index contributed by atoms with van der Waals surface area (Å²) in [5, 5.41) is 5.06. The Morgan fingerprint density at radius 2 is 2.05 bits per heavy atom. The Labute approximate surface area is 130 Å². The minimum atomic E-state index is 0.285. The molecule has 0 bridgehead atoms. The quantitative estimate of drug-likeness (QED) is 0.797. The number of pyridine rings is 1. The minimum Gasteiger partial charge on any atom is -0.397 e. The van der Waals surface area contributed by atoms with Crippen LogP contribution in [0.2, 0.25) is 10.0 Å². The van der Waals surface area contributed by atoms with Crippen molar-refractivity contribution >= 4 is 28.9 Å². The van der Waals surface area contributed by atoms with E-state index in [9.17, 15) is 0 Å². The third kappa shape index (κ3) is 2.99. The van der Waals surface area contributed by atoms with Crippen molar-refractivity contribution in [3.8, 4) is 11.6 Å². The molecule has 0 amide bonds. The average Bonchev–Trinajstić information content (AvgIpc) is 2.91. The van der Waals surface area contributed by atoms with E-state index in [4.69, 9.17) is 33.5 Å². The van der Waals surface area contributed by atoms with Gasteiger partial charge in [-0.15, -0.1) is 0 Å². The molecular formula is C14H10Cl2N4O. The summed E-state index contributed by atoms with van der Waals surface area (Å²) in [6.45, 7) is 0. The monoisotopic (exact) mass is 320 g/mol. The SMILES string of the molecule is Nc1cccnc1-c1nc(Cc2ccc(Cl)cc2Cl)no1. The van der Waals surface area contributed by atoms with E-state index in [-0.39, 0.29) is 5.89 Å². The molecule has 7 heteroatoms. The van der Waals surface area contributed by atoms with Crippen LogP contribution in [0.1, 0.15) is 11.4 Å². The zero-order valence-electron chi connectivity index (χ0n) is 10.8. The lowest BCUT2D eigenvalue weighted by atomic mass is 10.1. The largest absolute Gasteiger partial charge is 0.397 e. The third-order valence-corrected chi connectivity index (χ3v) is 3.46. The number of anilines is 1. The molecule has 2 aromatic heterocycles. The first-order chi connectivity index (χ1) is 10.1. The topological polar surface area (TPSA) is 77.8 Å². The van der Waals surface area contributed by atoms with E-state index in [0.717, 1.165) is 5.56 Å². The molecule has 0 aliphatic rings. The van der Waals surface area contributed by atoms with Gasteiger partial charge in [0, 0.05) is 22.7 Å². The van der Waals surface area contributed by atoms with Gasteiger partial charge in [0.25, 0.3) is 5.89 Å². The van der Waals surface area contributed by atoms with Crippen LogP contribution in [-0.2, 0) is 6.42 Å². The maximum Gasteiger partial charge on any atom is 0.278 e. The van der Waals surface area contributed by atoms with Crippen molar-refractivity contribution in [3.63, 3.8) is 0 Å². The first kappa shape index (κ1) is 13.9. The van der Waals surface area contributed by atoms with E-state index in [2.05, 4.69) is 15.1 Å². The van der Waals surface area contributed by atoms with Crippen LogP contribution in [0.25, 0.3) is 11.6 Å². The van der Waals surface area contributed by atoms with Gasteiger partial charge in [0.2, 0.25) is 0 Å². The summed E-state index contributed by atoms with van der Waals surface area (Å²) in [5.41, 5.74) is 7.65. The standard InChI is InChI=1S/C14H10Cl2N4O/c15-9-4-3-8(10(16)7-9)6-12-19-14(21-20-12)13-11(17)2-1-5-18-13/h1-5,7H,6,17H2. The second-order valence-corrected chi connectivity index (χ2v) is 5.21. The molecule has 0 spiro atoms. The summed E-state index contributed by atoms with van der Waals surface area (Å²) >= 11 is 12.0. The number of hydrogen-bond donors (Lipinski definition) is 1. The number of hydrogen-bond acceptors (Lipinski definition) is 5. The Bertz CT molecular complexity index is 788. The maximum atomic E-state index is 6.13. The highest BCUT2D eigenvalue weighted by atomic mass is 35.5. The van der Waals surface area contributed by atoms with E-state index in [1.54, 1.807) is 30.5 Å². The summed E-state index contributed by atoms with van der Waals surface area (Å²) in [7, 11) is 0. The van der Waals surface area contributed by atoms with Gasteiger partial charge in [-0.2, -0.15) is 4.98 Å². The molecule has 0 atom stereocenters. The molecule has 2 N–H and O–H groups in total. The van der Waals surface area contributed by atoms with Gasteiger partial charge in [-0.3, -0.25) is 0 Å². The van der Waals surface area contributed by atoms with Gasteiger partial charge in [-0.1, -0.05) is 34.4 Å². The van der Waals surface area contributed by atoms with Gasteiger partial charge in [0.05, 0.1) is 5.69 Å². The Hall–Kier alpha value is -2.11. The number of benzene rings is 1. The second-order valence-electron chi connectivity index (χ2n) is 4.37. The van der Waals surface area contributed by atoms with E-state index < -0.39 is 0 Å². The average molecular weight is 321 g/mol. The molecule has 5 nitrogen and oxygen atoms in total. The molecule has 0 aliphatic heterocycles. The van der Waals surface area contributed by atoms with Crippen LogP contribution in [0.5, 0.6) is 0 Å². The highest BCUT2D eigenvalue weighted by molar-refractivity contribution is 6.35. The Kier molecular flexibility index (Phi) is 3.77. The summed E-state index contributed by atoms with van der Waals surface area (Å²) in [6, 6.07) is 8.73. The number of nitrogens with two attached hydrogens (primary N) is 1.